The molecule has 0 bridgehead atoms. The highest BCUT2D eigenvalue weighted by molar-refractivity contribution is 5.87. The van der Waals surface area contributed by atoms with Crippen LogP contribution in [0.4, 0.5) is 0 Å². The van der Waals surface area contributed by atoms with Crippen LogP contribution in [0.5, 0.6) is 11.5 Å². The van der Waals surface area contributed by atoms with Crippen LogP contribution in [0.2, 0.25) is 0 Å². The van der Waals surface area contributed by atoms with Crippen LogP contribution in [0.15, 0.2) is 18.2 Å². The van der Waals surface area contributed by atoms with Gasteiger partial charge in [0.25, 0.3) is 0 Å². The maximum Gasteiger partial charge on any atom is 0.230 e. The van der Waals surface area contributed by atoms with Gasteiger partial charge < -0.3 is 14.8 Å². The van der Waals surface area contributed by atoms with E-state index in [1.165, 1.54) is 12.8 Å². The number of nitrogens with one attached hydrogen (secondary N) is 1. The van der Waals surface area contributed by atoms with Crippen molar-refractivity contribution in [2.24, 2.45) is 0 Å². The van der Waals surface area contributed by atoms with Crippen molar-refractivity contribution in [1.29, 1.82) is 0 Å². The third-order valence-corrected chi connectivity index (χ3v) is 3.99. The van der Waals surface area contributed by atoms with Crippen LogP contribution in [-0.4, -0.2) is 26.7 Å². The topological polar surface area (TPSA) is 47.6 Å². The van der Waals surface area contributed by atoms with Crippen LogP contribution < -0.4 is 14.8 Å². The van der Waals surface area contributed by atoms with E-state index in [0.29, 0.717) is 11.5 Å². The number of rotatable bonds is 9. The number of hydrogen-bond acceptors (Lipinski definition) is 3. The van der Waals surface area contributed by atoms with E-state index < -0.39 is 5.41 Å². The molecule has 1 rings (SSSR count). The van der Waals surface area contributed by atoms with E-state index in [9.17, 15) is 4.79 Å². The molecule has 0 atom stereocenters. The largest absolute Gasteiger partial charge is 0.493 e. The summed E-state index contributed by atoms with van der Waals surface area (Å²) in [6.07, 6.45) is 4.61. The number of ether oxygens (including phenoxy) is 2. The van der Waals surface area contributed by atoms with E-state index in [0.717, 1.165) is 24.9 Å². The maximum atomic E-state index is 12.5. The zero-order chi connectivity index (χ0) is 16.6. The minimum absolute atomic E-state index is 0.0382. The summed E-state index contributed by atoms with van der Waals surface area (Å²) in [5.74, 6) is 1.35. The predicted molar refractivity (Wildman–Crippen MR) is 89.7 cm³/mol. The summed E-state index contributed by atoms with van der Waals surface area (Å²) < 4.78 is 10.6. The van der Waals surface area contributed by atoms with Gasteiger partial charge in [0, 0.05) is 6.54 Å². The van der Waals surface area contributed by atoms with Crippen LogP contribution >= 0.6 is 0 Å². The number of benzene rings is 1. The molecule has 0 radical (unpaired) electrons. The standard InChI is InChI=1S/C18H29NO3/c1-6-7-8-9-12-19-17(20)18(2,3)14-10-11-15(21-4)16(13-14)22-5/h10-11,13H,6-9,12H2,1-5H3,(H,19,20). The Kier molecular flexibility index (Phi) is 7.22. The zero-order valence-corrected chi connectivity index (χ0v) is 14.5. The molecule has 0 aliphatic rings. The first-order chi connectivity index (χ1) is 10.5. The highest BCUT2D eigenvalue weighted by atomic mass is 16.5. The quantitative estimate of drug-likeness (QED) is 0.708. The van der Waals surface area contributed by atoms with Crippen LogP contribution in [0.25, 0.3) is 0 Å². The normalized spacial score (nSPS) is 11.1. The highest BCUT2D eigenvalue weighted by Crippen LogP contribution is 2.33. The number of unbranched alkanes of at least 4 members (excludes halogenated alkanes) is 3. The lowest BCUT2D eigenvalue weighted by Gasteiger charge is -2.25. The fraction of sp³-hybridized carbons (Fsp3) is 0.611. The van der Waals surface area contributed by atoms with Gasteiger partial charge in [-0.15, -0.1) is 0 Å². The molecule has 0 aliphatic heterocycles. The highest BCUT2D eigenvalue weighted by Gasteiger charge is 2.30. The lowest BCUT2D eigenvalue weighted by molar-refractivity contribution is -0.125. The third kappa shape index (κ3) is 4.65. The molecule has 1 aromatic carbocycles. The van der Waals surface area contributed by atoms with Crippen molar-refractivity contribution >= 4 is 5.91 Å². The zero-order valence-electron chi connectivity index (χ0n) is 14.5. The van der Waals surface area contributed by atoms with Crippen molar-refractivity contribution in [1.82, 2.24) is 5.32 Å². The Balaban J connectivity index is 2.73. The van der Waals surface area contributed by atoms with Gasteiger partial charge in [-0.25, -0.2) is 0 Å². The molecule has 0 spiro atoms. The first-order valence-electron chi connectivity index (χ1n) is 7.98. The molecular formula is C18H29NO3. The molecular weight excluding hydrogens is 278 g/mol. The lowest BCUT2D eigenvalue weighted by atomic mass is 9.83. The second kappa shape index (κ2) is 8.66. The summed E-state index contributed by atoms with van der Waals surface area (Å²) in [6, 6.07) is 5.62. The molecule has 1 N–H and O–H groups in total. The summed E-state index contributed by atoms with van der Waals surface area (Å²) in [5.41, 5.74) is 0.306. The summed E-state index contributed by atoms with van der Waals surface area (Å²) >= 11 is 0. The number of carbonyl (C=O) groups is 1. The molecule has 0 saturated carbocycles. The van der Waals surface area contributed by atoms with Gasteiger partial charge in [0.1, 0.15) is 0 Å². The smallest absolute Gasteiger partial charge is 0.230 e. The molecule has 4 nitrogen and oxygen atoms in total. The molecule has 1 amide bonds. The fourth-order valence-electron chi connectivity index (χ4n) is 2.33. The molecule has 22 heavy (non-hydrogen) atoms. The Bertz CT molecular complexity index is 483. The third-order valence-electron chi connectivity index (χ3n) is 3.99. The van der Waals surface area contributed by atoms with Gasteiger partial charge in [0.05, 0.1) is 19.6 Å². The van der Waals surface area contributed by atoms with Gasteiger partial charge in [-0.1, -0.05) is 32.3 Å². The molecule has 124 valence electrons. The first kappa shape index (κ1) is 18.3. The van der Waals surface area contributed by atoms with E-state index in [4.69, 9.17) is 9.47 Å². The van der Waals surface area contributed by atoms with Gasteiger partial charge >= 0.3 is 0 Å². The molecule has 0 aromatic heterocycles. The summed E-state index contributed by atoms with van der Waals surface area (Å²) in [4.78, 5) is 12.5. The Labute approximate surface area is 134 Å². The summed E-state index contributed by atoms with van der Waals surface area (Å²) in [7, 11) is 3.20. The molecule has 0 heterocycles. The predicted octanol–water partition coefficient (Wildman–Crippen LogP) is 3.68. The number of hydrogen-bond donors (Lipinski definition) is 1. The van der Waals surface area contributed by atoms with Crippen molar-refractivity contribution in [3.05, 3.63) is 23.8 Å². The SMILES string of the molecule is CCCCCCNC(=O)C(C)(C)c1ccc(OC)c(OC)c1. The summed E-state index contributed by atoms with van der Waals surface area (Å²) in [5, 5.41) is 3.04. The van der Waals surface area contributed by atoms with Crippen LogP contribution in [-0.2, 0) is 10.2 Å². The minimum atomic E-state index is -0.607. The van der Waals surface area contributed by atoms with Crippen molar-refractivity contribution in [2.45, 2.75) is 51.9 Å². The Morgan fingerprint density at radius 1 is 1.09 bits per heavy atom. The fourth-order valence-corrected chi connectivity index (χ4v) is 2.33. The molecule has 1 aromatic rings. The molecule has 0 saturated heterocycles. The average molecular weight is 307 g/mol. The number of carbonyl (C=O) groups excluding carboxylic acids is 1. The van der Waals surface area contributed by atoms with Crippen molar-refractivity contribution in [2.75, 3.05) is 20.8 Å². The van der Waals surface area contributed by atoms with Crippen molar-refractivity contribution in [3.8, 4) is 11.5 Å². The molecule has 4 heteroatoms. The van der Waals surface area contributed by atoms with Crippen molar-refractivity contribution < 1.29 is 14.3 Å². The van der Waals surface area contributed by atoms with E-state index in [2.05, 4.69) is 12.2 Å². The van der Waals surface area contributed by atoms with Gasteiger partial charge in [-0.05, 0) is 38.0 Å². The maximum absolute atomic E-state index is 12.5. The van der Waals surface area contributed by atoms with E-state index in [1.54, 1.807) is 14.2 Å². The second-order valence-electron chi connectivity index (χ2n) is 6.01. The lowest BCUT2D eigenvalue weighted by Crippen LogP contribution is -2.40. The Hall–Kier alpha value is -1.71. The second-order valence-corrected chi connectivity index (χ2v) is 6.01. The minimum Gasteiger partial charge on any atom is -0.493 e. The van der Waals surface area contributed by atoms with Gasteiger partial charge in [0.15, 0.2) is 11.5 Å². The Morgan fingerprint density at radius 2 is 1.77 bits per heavy atom. The van der Waals surface area contributed by atoms with E-state index in [1.807, 2.05) is 32.0 Å². The van der Waals surface area contributed by atoms with Crippen LogP contribution in [0.3, 0.4) is 0 Å². The summed E-state index contributed by atoms with van der Waals surface area (Å²) in [6.45, 7) is 6.76. The molecule has 0 unspecified atom stereocenters. The number of methoxy groups -OCH3 is 2. The molecule has 0 aliphatic carbocycles. The van der Waals surface area contributed by atoms with E-state index in [-0.39, 0.29) is 5.91 Å². The van der Waals surface area contributed by atoms with Gasteiger partial charge in [-0.3, -0.25) is 4.79 Å². The first-order valence-corrected chi connectivity index (χ1v) is 7.98. The number of amides is 1. The Morgan fingerprint density at radius 3 is 2.36 bits per heavy atom. The van der Waals surface area contributed by atoms with Crippen molar-refractivity contribution in [3.63, 3.8) is 0 Å². The average Bonchev–Trinajstić information content (AvgIpc) is 2.53. The van der Waals surface area contributed by atoms with Gasteiger partial charge in [-0.2, -0.15) is 0 Å². The van der Waals surface area contributed by atoms with Gasteiger partial charge in [0.2, 0.25) is 5.91 Å². The van der Waals surface area contributed by atoms with Crippen LogP contribution in [0, 0.1) is 0 Å². The van der Waals surface area contributed by atoms with E-state index >= 15 is 0 Å². The monoisotopic (exact) mass is 307 g/mol. The van der Waals surface area contributed by atoms with Crippen LogP contribution in [0.1, 0.15) is 52.0 Å². The molecule has 0 fully saturated rings.